The summed E-state index contributed by atoms with van der Waals surface area (Å²) in [6.45, 7) is 5.50. The number of aromatic amines is 1. The zero-order valence-corrected chi connectivity index (χ0v) is 20.6. The number of hydrogen-bond donors (Lipinski definition) is 3. The van der Waals surface area contributed by atoms with E-state index in [9.17, 15) is 14.4 Å². The molecule has 3 N–H and O–H groups in total. The highest BCUT2D eigenvalue weighted by Crippen LogP contribution is 2.31. The fourth-order valence-corrected chi connectivity index (χ4v) is 5.08. The molecule has 0 bridgehead atoms. The van der Waals surface area contributed by atoms with Gasteiger partial charge < -0.3 is 15.5 Å². The van der Waals surface area contributed by atoms with Gasteiger partial charge in [-0.1, -0.05) is 36.4 Å². The number of rotatable bonds is 5. The van der Waals surface area contributed by atoms with Gasteiger partial charge in [-0.25, -0.2) is 0 Å². The molecule has 0 spiro atoms. The van der Waals surface area contributed by atoms with Crippen LogP contribution < -0.4 is 21.1 Å². The molecular weight excluding hydrogens is 454 g/mol. The molecule has 186 valence electrons. The minimum absolute atomic E-state index is 0.0985. The monoisotopic (exact) mass is 485 g/mol. The van der Waals surface area contributed by atoms with Crippen LogP contribution >= 0.6 is 0 Å². The van der Waals surface area contributed by atoms with E-state index < -0.39 is 11.8 Å². The molecule has 1 fully saturated rings. The van der Waals surface area contributed by atoms with Crippen LogP contribution in [0.2, 0.25) is 0 Å². The molecule has 1 saturated heterocycles. The number of anilines is 3. The standard InChI is InChI=1S/C28H31N5O3/c1-17-8-9-21(14-18(17)2)29-26(35)22-16-23(34)30-25-24(22)27(36)32-28(31-25)33-12-10-20(11-13-33)15-19-6-4-3-5-7-19/h3-9,14,20,22H,10-13,15-16H2,1-2H3,(H,29,35)(H2,30,31,32,34,36)/t22-/m0/s1. The summed E-state index contributed by atoms with van der Waals surface area (Å²) in [6, 6.07) is 16.1. The van der Waals surface area contributed by atoms with E-state index in [0.29, 0.717) is 17.6 Å². The Hall–Kier alpha value is -3.94. The number of fused-ring (bicyclic) bond motifs is 1. The topological polar surface area (TPSA) is 107 Å². The molecular formula is C28H31N5O3. The lowest BCUT2D eigenvalue weighted by molar-refractivity contribution is -0.123. The minimum atomic E-state index is -0.905. The number of aryl methyl sites for hydroxylation is 2. The third-order valence-electron chi connectivity index (χ3n) is 7.31. The second kappa shape index (κ2) is 9.97. The molecule has 2 aromatic carbocycles. The zero-order chi connectivity index (χ0) is 25.2. The second-order valence-corrected chi connectivity index (χ2v) is 9.87. The molecule has 0 aliphatic carbocycles. The first-order chi connectivity index (χ1) is 17.4. The lowest BCUT2D eigenvalue weighted by Crippen LogP contribution is -2.40. The third-order valence-corrected chi connectivity index (χ3v) is 7.31. The lowest BCUT2D eigenvalue weighted by Gasteiger charge is -2.33. The highest BCUT2D eigenvalue weighted by Gasteiger charge is 2.35. The number of benzene rings is 2. The summed E-state index contributed by atoms with van der Waals surface area (Å²) in [5.41, 5.74) is 3.96. The number of amides is 2. The van der Waals surface area contributed by atoms with E-state index in [-0.39, 0.29) is 29.3 Å². The van der Waals surface area contributed by atoms with Crippen LogP contribution in [0.3, 0.4) is 0 Å². The van der Waals surface area contributed by atoms with E-state index in [0.717, 1.165) is 43.5 Å². The van der Waals surface area contributed by atoms with Gasteiger partial charge in [0, 0.05) is 25.2 Å². The summed E-state index contributed by atoms with van der Waals surface area (Å²) in [7, 11) is 0. The van der Waals surface area contributed by atoms with Gasteiger partial charge in [0.05, 0.1) is 11.5 Å². The number of carbonyl (C=O) groups excluding carboxylic acids is 2. The number of nitrogens with one attached hydrogen (secondary N) is 3. The van der Waals surface area contributed by atoms with Gasteiger partial charge in [0.1, 0.15) is 5.82 Å². The zero-order valence-electron chi connectivity index (χ0n) is 20.6. The molecule has 5 rings (SSSR count). The summed E-state index contributed by atoms with van der Waals surface area (Å²) in [5, 5.41) is 5.57. The number of H-pyrrole nitrogens is 1. The van der Waals surface area contributed by atoms with E-state index in [1.54, 1.807) is 0 Å². The van der Waals surface area contributed by atoms with Crippen molar-refractivity contribution in [3.8, 4) is 0 Å². The predicted molar refractivity (Wildman–Crippen MR) is 140 cm³/mol. The minimum Gasteiger partial charge on any atom is -0.342 e. The Balaban J connectivity index is 1.32. The smallest absolute Gasteiger partial charge is 0.258 e. The summed E-state index contributed by atoms with van der Waals surface area (Å²) in [5.74, 6) is -0.433. The number of piperidine rings is 1. The number of nitrogens with zero attached hydrogens (tertiary/aromatic N) is 2. The van der Waals surface area contributed by atoms with E-state index in [1.165, 1.54) is 5.56 Å². The molecule has 8 nitrogen and oxygen atoms in total. The van der Waals surface area contributed by atoms with Crippen LogP contribution in [0, 0.1) is 19.8 Å². The molecule has 2 aliphatic heterocycles. The van der Waals surface area contributed by atoms with E-state index >= 15 is 0 Å². The van der Waals surface area contributed by atoms with Gasteiger partial charge in [0.2, 0.25) is 17.8 Å². The summed E-state index contributed by atoms with van der Waals surface area (Å²) in [4.78, 5) is 48.2. The average molecular weight is 486 g/mol. The van der Waals surface area contributed by atoms with Crippen molar-refractivity contribution in [1.29, 1.82) is 0 Å². The molecule has 1 atom stereocenters. The second-order valence-electron chi connectivity index (χ2n) is 9.87. The van der Waals surface area contributed by atoms with Gasteiger partial charge >= 0.3 is 0 Å². The van der Waals surface area contributed by atoms with Crippen LogP contribution in [0.15, 0.2) is 53.3 Å². The summed E-state index contributed by atoms with van der Waals surface area (Å²) in [6.07, 6.45) is 2.92. The fourth-order valence-electron chi connectivity index (χ4n) is 5.08. The summed E-state index contributed by atoms with van der Waals surface area (Å²) < 4.78 is 0. The van der Waals surface area contributed by atoms with Crippen molar-refractivity contribution in [3.05, 3.63) is 81.1 Å². The maximum absolute atomic E-state index is 13.2. The molecule has 2 amide bonds. The van der Waals surface area contributed by atoms with Crippen LogP contribution in [0.25, 0.3) is 0 Å². The quantitative estimate of drug-likeness (QED) is 0.508. The van der Waals surface area contributed by atoms with E-state index in [4.69, 9.17) is 0 Å². The summed E-state index contributed by atoms with van der Waals surface area (Å²) >= 11 is 0. The van der Waals surface area contributed by atoms with E-state index in [1.807, 2.05) is 43.0 Å². The highest BCUT2D eigenvalue weighted by atomic mass is 16.2. The highest BCUT2D eigenvalue weighted by molar-refractivity contribution is 6.04. The van der Waals surface area contributed by atoms with Gasteiger partial charge in [-0.15, -0.1) is 0 Å². The molecule has 1 aromatic heterocycles. The molecule has 2 aliphatic rings. The molecule has 36 heavy (non-hydrogen) atoms. The average Bonchev–Trinajstić information content (AvgIpc) is 2.86. The Morgan fingerprint density at radius 3 is 2.53 bits per heavy atom. The fraction of sp³-hybridized carbons (Fsp3) is 0.357. The van der Waals surface area contributed by atoms with Crippen molar-refractivity contribution in [3.63, 3.8) is 0 Å². The van der Waals surface area contributed by atoms with Gasteiger partial charge in [0.25, 0.3) is 5.56 Å². The third kappa shape index (κ3) is 5.03. The van der Waals surface area contributed by atoms with Crippen molar-refractivity contribution in [2.24, 2.45) is 5.92 Å². The first-order valence-corrected chi connectivity index (χ1v) is 12.5. The van der Waals surface area contributed by atoms with E-state index in [2.05, 4.69) is 44.9 Å². The van der Waals surface area contributed by atoms with Crippen molar-refractivity contribution < 1.29 is 9.59 Å². The van der Waals surface area contributed by atoms with Crippen LogP contribution in [0.1, 0.15) is 47.4 Å². The van der Waals surface area contributed by atoms with Gasteiger partial charge in [-0.3, -0.25) is 19.4 Å². The number of carbonyl (C=O) groups is 2. The SMILES string of the molecule is Cc1ccc(NC(=O)[C@H]2CC(=O)Nc3nc(N4CCC(Cc5ccccc5)CC4)[nH]c(=O)c32)cc1C. The van der Waals surface area contributed by atoms with Crippen molar-refractivity contribution >= 4 is 29.3 Å². The van der Waals surface area contributed by atoms with Crippen molar-refractivity contribution in [2.75, 3.05) is 28.6 Å². The van der Waals surface area contributed by atoms with Crippen LogP contribution in [-0.2, 0) is 16.0 Å². The molecule has 0 saturated carbocycles. The molecule has 8 heteroatoms. The van der Waals surface area contributed by atoms with Crippen LogP contribution in [0.5, 0.6) is 0 Å². The predicted octanol–water partition coefficient (Wildman–Crippen LogP) is 3.91. The van der Waals surface area contributed by atoms with Crippen molar-refractivity contribution in [2.45, 2.75) is 45.4 Å². The molecule has 3 aromatic rings. The Labute approximate surface area is 210 Å². The molecule has 0 unspecified atom stereocenters. The Morgan fingerprint density at radius 1 is 1.06 bits per heavy atom. The molecule has 0 radical (unpaired) electrons. The normalized spacial score (nSPS) is 17.9. The maximum atomic E-state index is 13.2. The van der Waals surface area contributed by atoms with Gasteiger partial charge in [-0.2, -0.15) is 4.98 Å². The van der Waals surface area contributed by atoms with Gasteiger partial charge in [0.15, 0.2) is 0 Å². The Bertz CT molecular complexity index is 1340. The Kier molecular flexibility index (Phi) is 6.59. The lowest BCUT2D eigenvalue weighted by atomic mass is 9.90. The Morgan fingerprint density at radius 2 is 1.81 bits per heavy atom. The van der Waals surface area contributed by atoms with Gasteiger partial charge in [-0.05, 0) is 67.9 Å². The molecule has 3 heterocycles. The first-order valence-electron chi connectivity index (χ1n) is 12.5. The van der Waals surface area contributed by atoms with Crippen LogP contribution in [-0.4, -0.2) is 34.9 Å². The largest absolute Gasteiger partial charge is 0.342 e. The van der Waals surface area contributed by atoms with Crippen LogP contribution in [0.4, 0.5) is 17.5 Å². The van der Waals surface area contributed by atoms with Crippen molar-refractivity contribution in [1.82, 2.24) is 9.97 Å². The number of aromatic nitrogens is 2. The maximum Gasteiger partial charge on any atom is 0.258 e. The number of hydrogen-bond acceptors (Lipinski definition) is 5. The first kappa shape index (κ1) is 23.8.